The number of hydrazine groups is 1. The molecule has 0 spiro atoms. The van der Waals surface area contributed by atoms with E-state index >= 15 is 0 Å². The lowest BCUT2D eigenvalue weighted by molar-refractivity contribution is 0.526. The lowest BCUT2D eigenvalue weighted by Crippen LogP contribution is -2.30. The van der Waals surface area contributed by atoms with Gasteiger partial charge >= 0.3 is 0 Å². The number of benzene rings is 1. The molecular formula is C13H13F2N3. The van der Waals surface area contributed by atoms with Gasteiger partial charge in [0.25, 0.3) is 0 Å². The molecule has 5 heteroatoms. The molecule has 1 atom stereocenters. The van der Waals surface area contributed by atoms with E-state index in [1.165, 1.54) is 12.1 Å². The first-order valence-corrected chi connectivity index (χ1v) is 5.51. The molecule has 0 radical (unpaired) electrons. The maximum atomic E-state index is 13.1. The third kappa shape index (κ3) is 3.09. The number of aromatic nitrogens is 1. The van der Waals surface area contributed by atoms with Crippen LogP contribution in [0.15, 0.2) is 42.6 Å². The van der Waals surface area contributed by atoms with Gasteiger partial charge < -0.3 is 0 Å². The summed E-state index contributed by atoms with van der Waals surface area (Å²) in [6.07, 6.45) is 2.12. The second-order valence-corrected chi connectivity index (χ2v) is 3.95. The normalized spacial score (nSPS) is 12.4. The van der Waals surface area contributed by atoms with Crippen LogP contribution in [0, 0.1) is 11.6 Å². The Kier molecular flexibility index (Phi) is 3.96. The highest BCUT2D eigenvalue weighted by Gasteiger charge is 2.13. The average molecular weight is 249 g/mol. The zero-order valence-electron chi connectivity index (χ0n) is 9.61. The van der Waals surface area contributed by atoms with Crippen molar-refractivity contribution in [1.29, 1.82) is 0 Å². The lowest BCUT2D eigenvalue weighted by atomic mass is 10.0. The van der Waals surface area contributed by atoms with E-state index in [1.54, 1.807) is 12.3 Å². The maximum absolute atomic E-state index is 13.1. The molecule has 1 heterocycles. The van der Waals surface area contributed by atoms with Gasteiger partial charge in [0.05, 0.1) is 6.04 Å². The molecule has 1 aromatic carbocycles. The second kappa shape index (κ2) is 5.66. The number of hydrogen-bond donors (Lipinski definition) is 2. The molecule has 94 valence electrons. The Labute approximate surface area is 104 Å². The van der Waals surface area contributed by atoms with Gasteiger partial charge in [-0.3, -0.25) is 16.3 Å². The van der Waals surface area contributed by atoms with Gasteiger partial charge in [-0.1, -0.05) is 6.07 Å². The van der Waals surface area contributed by atoms with Crippen molar-refractivity contribution in [3.05, 3.63) is 65.5 Å². The van der Waals surface area contributed by atoms with E-state index in [0.717, 1.165) is 11.8 Å². The molecule has 0 amide bonds. The Morgan fingerprint density at radius 1 is 1.17 bits per heavy atom. The molecule has 0 saturated heterocycles. The summed E-state index contributed by atoms with van der Waals surface area (Å²) in [4.78, 5) is 4.15. The molecule has 0 aliphatic heterocycles. The molecule has 0 fully saturated rings. The van der Waals surface area contributed by atoms with Crippen molar-refractivity contribution in [2.45, 2.75) is 12.5 Å². The topological polar surface area (TPSA) is 50.9 Å². The number of rotatable bonds is 4. The zero-order valence-corrected chi connectivity index (χ0v) is 9.61. The molecule has 0 saturated carbocycles. The highest BCUT2D eigenvalue weighted by Crippen LogP contribution is 2.19. The van der Waals surface area contributed by atoms with Crippen molar-refractivity contribution in [2.24, 2.45) is 5.84 Å². The van der Waals surface area contributed by atoms with Crippen LogP contribution in [0.25, 0.3) is 0 Å². The predicted molar refractivity (Wildman–Crippen MR) is 64.4 cm³/mol. The zero-order chi connectivity index (χ0) is 13.0. The van der Waals surface area contributed by atoms with Crippen LogP contribution in [0.1, 0.15) is 17.3 Å². The minimum Gasteiger partial charge on any atom is -0.271 e. The smallest absolute Gasteiger partial charge is 0.126 e. The summed E-state index contributed by atoms with van der Waals surface area (Å²) >= 11 is 0. The Balaban J connectivity index is 2.23. The summed E-state index contributed by atoms with van der Waals surface area (Å²) < 4.78 is 26.3. The fourth-order valence-electron chi connectivity index (χ4n) is 1.78. The Hall–Kier alpha value is -1.85. The van der Waals surface area contributed by atoms with E-state index in [9.17, 15) is 8.78 Å². The largest absolute Gasteiger partial charge is 0.271 e. The molecule has 3 N–H and O–H groups in total. The molecule has 2 aromatic rings. The molecule has 1 unspecified atom stereocenters. The molecule has 18 heavy (non-hydrogen) atoms. The fourth-order valence-corrected chi connectivity index (χ4v) is 1.78. The standard InChI is InChI=1S/C13H13F2N3/c14-10-5-9(6-11(15)7-10)13(18-16)8-12-3-1-2-4-17-12/h1-7,13,18H,8,16H2. The minimum absolute atomic E-state index is 0.384. The lowest BCUT2D eigenvalue weighted by Gasteiger charge is -2.16. The van der Waals surface area contributed by atoms with Crippen molar-refractivity contribution >= 4 is 0 Å². The number of nitrogens with zero attached hydrogens (tertiary/aromatic N) is 1. The highest BCUT2D eigenvalue weighted by molar-refractivity contribution is 5.23. The van der Waals surface area contributed by atoms with E-state index in [0.29, 0.717) is 12.0 Å². The third-order valence-electron chi connectivity index (χ3n) is 2.63. The average Bonchev–Trinajstić information content (AvgIpc) is 2.36. The molecular weight excluding hydrogens is 236 g/mol. The number of nitrogens with two attached hydrogens (primary N) is 1. The Morgan fingerprint density at radius 3 is 2.44 bits per heavy atom. The molecule has 0 aliphatic carbocycles. The minimum atomic E-state index is -0.619. The van der Waals surface area contributed by atoms with Crippen LogP contribution in [-0.4, -0.2) is 4.98 Å². The van der Waals surface area contributed by atoms with Crippen LogP contribution in [0.5, 0.6) is 0 Å². The molecule has 3 nitrogen and oxygen atoms in total. The number of pyridine rings is 1. The molecule has 2 rings (SSSR count). The Bertz CT molecular complexity index is 497. The second-order valence-electron chi connectivity index (χ2n) is 3.95. The number of nitrogens with one attached hydrogen (secondary N) is 1. The number of halogens is 2. The van der Waals surface area contributed by atoms with Gasteiger partial charge in [-0.15, -0.1) is 0 Å². The fraction of sp³-hybridized carbons (Fsp3) is 0.154. The first-order chi connectivity index (χ1) is 8.69. The summed E-state index contributed by atoms with van der Waals surface area (Å²) in [5.41, 5.74) is 3.80. The molecule has 1 aromatic heterocycles. The van der Waals surface area contributed by atoms with Crippen LogP contribution in [0.3, 0.4) is 0 Å². The van der Waals surface area contributed by atoms with E-state index in [-0.39, 0.29) is 6.04 Å². The van der Waals surface area contributed by atoms with Crippen LogP contribution < -0.4 is 11.3 Å². The SMILES string of the molecule is NNC(Cc1ccccn1)c1cc(F)cc(F)c1. The Morgan fingerprint density at radius 2 is 1.89 bits per heavy atom. The predicted octanol–water partition coefficient (Wildman–Crippen LogP) is 2.11. The van der Waals surface area contributed by atoms with E-state index in [1.807, 2.05) is 12.1 Å². The summed E-state index contributed by atoms with van der Waals surface area (Å²) in [5.74, 6) is 4.19. The van der Waals surface area contributed by atoms with Gasteiger partial charge in [0.15, 0.2) is 0 Å². The van der Waals surface area contributed by atoms with Crippen LogP contribution in [0.4, 0.5) is 8.78 Å². The maximum Gasteiger partial charge on any atom is 0.126 e. The highest BCUT2D eigenvalue weighted by atomic mass is 19.1. The van der Waals surface area contributed by atoms with E-state index in [4.69, 9.17) is 5.84 Å². The van der Waals surface area contributed by atoms with Crippen LogP contribution in [-0.2, 0) is 6.42 Å². The summed E-state index contributed by atoms with van der Waals surface area (Å²) in [6, 6.07) is 8.45. The van der Waals surface area contributed by atoms with Crippen molar-refractivity contribution < 1.29 is 8.78 Å². The molecule has 0 bridgehead atoms. The van der Waals surface area contributed by atoms with Gasteiger partial charge in [0.2, 0.25) is 0 Å². The molecule has 0 aliphatic rings. The summed E-state index contributed by atoms with van der Waals surface area (Å²) in [7, 11) is 0. The van der Waals surface area contributed by atoms with Crippen molar-refractivity contribution in [3.8, 4) is 0 Å². The third-order valence-corrected chi connectivity index (χ3v) is 2.63. The van der Waals surface area contributed by atoms with Crippen LogP contribution >= 0.6 is 0 Å². The monoisotopic (exact) mass is 249 g/mol. The number of hydrogen-bond acceptors (Lipinski definition) is 3. The summed E-state index contributed by atoms with van der Waals surface area (Å²) in [6.45, 7) is 0. The first kappa shape index (κ1) is 12.6. The van der Waals surface area contributed by atoms with Crippen molar-refractivity contribution in [3.63, 3.8) is 0 Å². The van der Waals surface area contributed by atoms with Crippen molar-refractivity contribution in [1.82, 2.24) is 10.4 Å². The van der Waals surface area contributed by atoms with Gasteiger partial charge in [-0.2, -0.15) is 0 Å². The van der Waals surface area contributed by atoms with Gasteiger partial charge in [-0.05, 0) is 29.8 Å². The van der Waals surface area contributed by atoms with Gasteiger partial charge in [-0.25, -0.2) is 8.78 Å². The van der Waals surface area contributed by atoms with Crippen LogP contribution in [0.2, 0.25) is 0 Å². The van der Waals surface area contributed by atoms with Gasteiger partial charge in [0, 0.05) is 24.4 Å². The van der Waals surface area contributed by atoms with Crippen molar-refractivity contribution in [2.75, 3.05) is 0 Å². The van der Waals surface area contributed by atoms with E-state index in [2.05, 4.69) is 10.4 Å². The van der Waals surface area contributed by atoms with Gasteiger partial charge in [0.1, 0.15) is 11.6 Å². The summed E-state index contributed by atoms with van der Waals surface area (Å²) in [5, 5.41) is 0. The first-order valence-electron chi connectivity index (χ1n) is 5.51. The quantitative estimate of drug-likeness (QED) is 0.644. The van der Waals surface area contributed by atoms with E-state index < -0.39 is 11.6 Å².